The molecule has 0 radical (unpaired) electrons. The summed E-state index contributed by atoms with van der Waals surface area (Å²) < 4.78 is 34.1. The number of carbonyl (C=O) groups is 1. The largest absolute Gasteiger partial charge is 0.486 e. The highest BCUT2D eigenvalue weighted by Gasteiger charge is 2.50. The van der Waals surface area contributed by atoms with E-state index in [9.17, 15) is 13.6 Å². The average molecular weight is 367 g/mol. The van der Waals surface area contributed by atoms with Crippen LogP contribution in [-0.4, -0.2) is 11.4 Å². The van der Waals surface area contributed by atoms with Crippen LogP contribution in [-0.2, 0) is 0 Å². The molecule has 1 fully saturated rings. The summed E-state index contributed by atoms with van der Waals surface area (Å²) in [4.78, 5) is 13.1. The van der Waals surface area contributed by atoms with Crippen molar-refractivity contribution in [2.75, 3.05) is 0 Å². The second kappa shape index (κ2) is 6.77. The molecular weight excluding hydrogens is 348 g/mol. The van der Waals surface area contributed by atoms with Crippen LogP contribution in [0, 0.1) is 28.9 Å². The molecule has 27 heavy (non-hydrogen) atoms. The number of fused-ring (bicyclic) bond motifs is 1. The second-order valence-corrected chi connectivity index (χ2v) is 7.30. The van der Waals surface area contributed by atoms with Crippen molar-refractivity contribution >= 4 is 5.78 Å². The number of benzene rings is 2. The molecule has 0 amide bonds. The van der Waals surface area contributed by atoms with E-state index in [-0.39, 0.29) is 17.3 Å². The van der Waals surface area contributed by atoms with Crippen molar-refractivity contribution in [1.29, 1.82) is 5.26 Å². The zero-order valence-corrected chi connectivity index (χ0v) is 14.8. The summed E-state index contributed by atoms with van der Waals surface area (Å²) in [5, 5.41) is 8.95. The Balaban J connectivity index is 1.77. The van der Waals surface area contributed by atoms with Crippen LogP contribution < -0.4 is 4.74 Å². The van der Waals surface area contributed by atoms with Gasteiger partial charge in [0.15, 0.2) is 17.4 Å². The van der Waals surface area contributed by atoms with Gasteiger partial charge in [-0.25, -0.2) is 8.78 Å². The summed E-state index contributed by atoms with van der Waals surface area (Å²) in [5.41, 5.74) is 0.485. The van der Waals surface area contributed by atoms with E-state index in [1.165, 1.54) is 12.1 Å². The molecule has 1 aliphatic carbocycles. The molecule has 5 heteroatoms. The molecule has 0 saturated heterocycles. The molecule has 1 saturated carbocycles. The molecule has 1 spiro atoms. The van der Waals surface area contributed by atoms with E-state index in [0.717, 1.165) is 31.7 Å². The van der Waals surface area contributed by atoms with E-state index in [2.05, 4.69) is 6.07 Å². The van der Waals surface area contributed by atoms with Crippen molar-refractivity contribution < 1.29 is 18.3 Å². The van der Waals surface area contributed by atoms with Gasteiger partial charge < -0.3 is 4.74 Å². The van der Waals surface area contributed by atoms with Gasteiger partial charge in [-0.2, -0.15) is 5.26 Å². The van der Waals surface area contributed by atoms with Gasteiger partial charge in [-0.15, -0.1) is 0 Å². The van der Waals surface area contributed by atoms with Crippen LogP contribution in [0.2, 0.25) is 0 Å². The minimum Gasteiger partial charge on any atom is -0.486 e. The van der Waals surface area contributed by atoms with Crippen molar-refractivity contribution in [1.82, 2.24) is 0 Å². The number of hydrogen-bond acceptors (Lipinski definition) is 3. The zero-order chi connectivity index (χ0) is 19.0. The Labute approximate surface area is 156 Å². The molecular formula is C22H19F2NO2. The first-order valence-electron chi connectivity index (χ1n) is 9.24. The van der Waals surface area contributed by atoms with Crippen LogP contribution >= 0.6 is 0 Å². The van der Waals surface area contributed by atoms with E-state index in [1.807, 2.05) is 0 Å². The van der Waals surface area contributed by atoms with Crippen LogP contribution in [0.1, 0.15) is 48.9 Å². The van der Waals surface area contributed by atoms with Gasteiger partial charge in [0.25, 0.3) is 0 Å². The highest BCUT2D eigenvalue weighted by molar-refractivity contribution is 6.02. The number of Topliss-reactive ketones (excluding diaryl/α,β-unsaturated/α-hetero) is 1. The van der Waals surface area contributed by atoms with Crippen molar-refractivity contribution in [3.8, 4) is 22.9 Å². The fourth-order valence-corrected chi connectivity index (χ4v) is 4.45. The maximum atomic E-state index is 14.2. The maximum absolute atomic E-state index is 14.2. The SMILES string of the molecule is N#CCCC1C(=O)c2ccc(-c3cccc(F)c3F)cc2OC12CCCC2. The third-order valence-electron chi connectivity index (χ3n) is 5.77. The van der Waals surface area contributed by atoms with Gasteiger partial charge >= 0.3 is 0 Å². The van der Waals surface area contributed by atoms with Gasteiger partial charge in [0.2, 0.25) is 0 Å². The van der Waals surface area contributed by atoms with E-state index in [1.54, 1.807) is 18.2 Å². The standard InChI is InChI=1S/C22H19F2NO2/c23-18-7-3-5-15(20(18)24)14-8-9-16-19(13-14)27-22(10-1-2-11-22)17(21(16)26)6-4-12-25/h3,5,7-9,13,17H,1-2,4,6,10-11H2. The van der Waals surface area contributed by atoms with Crippen LogP contribution in [0.4, 0.5) is 8.78 Å². The summed E-state index contributed by atoms with van der Waals surface area (Å²) in [7, 11) is 0. The molecule has 0 aromatic heterocycles. The molecule has 2 aliphatic rings. The van der Waals surface area contributed by atoms with Gasteiger partial charge in [0.1, 0.15) is 11.4 Å². The Morgan fingerprint density at radius 1 is 1.15 bits per heavy atom. The Bertz CT molecular complexity index is 942. The summed E-state index contributed by atoms with van der Waals surface area (Å²) in [6.07, 6.45) is 4.28. The molecule has 1 heterocycles. The number of halogens is 2. The molecule has 3 nitrogen and oxygen atoms in total. The molecule has 2 aromatic rings. The number of ketones is 1. The van der Waals surface area contributed by atoms with Gasteiger partial charge in [-0.05, 0) is 55.9 Å². The van der Waals surface area contributed by atoms with Gasteiger partial charge in [-0.3, -0.25) is 4.79 Å². The van der Waals surface area contributed by atoms with Crippen LogP contribution in [0.5, 0.6) is 5.75 Å². The number of hydrogen-bond donors (Lipinski definition) is 0. The first-order valence-corrected chi connectivity index (χ1v) is 9.24. The van der Waals surface area contributed by atoms with Crippen molar-refractivity contribution in [3.05, 3.63) is 53.6 Å². The summed E-state index contributed by atoms with van der Waals surface area (Å²) in [5.74, 6) is -1.74. The number of carbonyl (C=O) groups excluding carboxylic acids is 1. The molecule has 1 unspecified atom stereocenters. The average Bonchev–Trinajstić information content (AvgIpc) is 3.12. The van der Waals surface area contributed by atoms with Gasteiger partial charge in [0.05, 0.1) is 17.6 Å². The highest BCUT2D eigenvalue weighted by Crippen LogP contribution is 2.48. The third kappa shape index (κ3) is 2.90. The van der Waals surface area contributed by atoms with Gasteiger partial charge in [0, 0.05) is 12.0 Å². The van der Waals surface area contributed by atoms with E-state index in [4.69, 9.17) is 10.00 Å². The van der Waals surface area contributed by atoms with Crippen molar-refractivity contribution in [2.45, 2.75) is 44.1 Å². The Morgan fingerprint density at radius 2 is 1.93 bits per heavy atom. The Hall–Kier alpha value is -2.74. The monoisotopic (exact) mass is 367 g/mol. The number of nitriles is 1. The molecule has 4 rings (SSSR count). The molecule has 0 bridgehead atoms. The van der Waals surface area contributed by atoms with Crippen molar-refractivity contribution in [2.24, 2.45) is 5.92 Å². The first kappa shape index (κ1) is 17.7. The lowest BCUT2D eigenvalue weighted by atomic mass is 9.75. The number of ether oxygens (including phenoxy) is 1. The fraction of sp³-hybridized carbons (Fsp3) is 0.364. The smallest absolute Gasteiger partial charge is 0.173 e. The summed E-state index contributed by atoms with van der Waals surface area (Å²) in [6.45, 7) is 0. The Kier molecular flexibility index (Phi) is 4.43. The van der Waals surface area contributed by atoms with E-state index < -0.39 is 17.2 Å². The third-order valence-corrected chi connectivity index (χ3v) is 5.77. The Morgan fingerprint density at radius 3 is 2.67 bits per heavy atom. The number of rotatable bonds is 3. The topological polar surface area (TPSA) is 50.1 Å². The number of nitrogens with zero attached hydrogens (tertiary/aromatic N) is 1. The molecule has 1 atom stereocenters. The predicted octanol–water partition coefficient (Wildman–Crippen LogP) is 5.44. The van der Waals surface area contributed by atoms with E-state index >= 15 is 0 Å². The molecule has 0 N–H and O–H groups in total. The minimum absolute atomic E-state index is 0.0142. The second-order valence-electron chi connectivity index (χ2n) is 7.30. The lowest BCUT2D eigenvalue weighted by Gasteiger charge is -2.41. The van der Waals surface area contributed by atoms with E-state index in [0.29, 0.717) is 29.7 Å². The van der Waals surface area contributed by atoms with Gasteiger partial charge in [-0.1, -0.05) is 18.2 Å². The molecule has 138 valence electrons. The lowest BCUT2D eigenvalue weighted by molar-refractivity contribution is 0.00319. The van der Waals surface area contributed by atoms with Crippen LogP contribution in [0.15, 0.2) is 36.4 Å². The summed E-state index contributed by atoms with van der Waals surface area (Å²) >= 11 is 0. The normalized spacial score (nSPS) is 20.2. The van der Waals surface area contributed by atoms with Crippen molar-refractivity contribution in [3.63, 3.8) is 0 Å². The van der Waals surface area contributed by atoms with Crippen LogP contribution in [0.3, 0.4) is 0 Å². The minimum atomic E-state index is -0.915. The fourth-order valence-electron chi connectivity index (χ4n) is 4.45. The molecule has 2 aromatic carbocycles. The van der Waals surface area contributed by atoms with Crippen LogP contribution in [0.25, 0.3) is 11.1 Å². The highest BCUT2D eigenvalue weighted by atomic mass is 19.2. The summed E-state index contributed by atoms with van der Waals surface area (Å²) in [6, 6.07) is 11.0. The lowest BCUT2D eigenvalue weighted by Crippen LogP contribution is -2.48. The quantitative estimate of drug-likeness (QED) is 0.726. The predicted molar refractivity (Wildman–Crippen MR) is 96.3 cm³/mol. The first-order chi connectivity index (χ1) is 13.1. The maximum Gasteiger partial charge on any atom is 0.173 e. The molecule has 1 aliphatic heterocycles. The zero-order valence-electron chi connectivity index (χ0n) is 14.8.